The van der Waals surface area contributed by atoms with E-state index in [9.17, 15) is 0 Å². The lowest BCUT2D eigenvalue weighted by atomic mass is 10.1. The molecule has 1 aromatic carbocycles. The molecule has 0 saturated heterocycles. The van der Waals surface area contributed by atoms with Crippen molar-refractivity contribution in [3.63, 3.8) is 0 Å². The molecule has 2 N–H and O–H groups in total. The molecule has 0 aromatic heterocycles. The molecule has 0 radical (unpaired) electrons. The minimum atomic E-state index is -0.0650. The lowest BCUT2D eigenvalue weighted by molar-refractivity contribution is 0.315. The van der Waals surface area contributed by atoms with E-state index in [-0.39, 0.29) is 24.5 Å². The molecule has 0 bridgehead atoms. The number of benzene rings is 1. The average molecular weight is 268 g/mol. The molecule has 0 spiro atoms. The number of amidine groups is 1. The molecular weight excluding hydrogens is 258 g/mol. The highest BCUT2D eigenvalue weighted by molar-refractivity contribution is 6.42. The van der Waals surface area contributed by atoms with Gasteiger partial charge in [-0.1, -0.05) is 29.3 Å². The maximum absolute atomic E-state index is 5.88. The van der Waals surface area contributed by atoms with Gasteiger partial charge in [-0.05, 0) is 17.7 Å². The van der Waals surface area contributed by atoms with Crippen molar-refractivity contribution in [1.29, 1.82) is 0 Å². The topological polar surface area (TPSA) is 47.6 Å². The summed E-state index contributed by atoms with van der Waals surface area (Å²) in [6, 6.07) is 5.54. The number of rotatable bonds is 1. The summed E-state index contributed by atoms with van der Waals surface area (Å²) in [5.74, 6) is 0. The number of halogens is 3. The van der Waals surface area contributed by atoms with Crippen molar-refractivity contribution in [2.45, 2.75) is 6.04 Å². The van der Waals surface area contributed by atoms with E-state index in [1.165, 1.54) is 0 Å². The Labute approximate surface area is 104 Å². The van der Waals surface area contributed by atoms with E-state index in [4.69, 9.17) is 33.7 Å². The van der Waals surface area contributed by atoms with E-state index in [1.807, 2.05) is 6.07 Å². The Morgan fingerprint density at radius 3 is 2.60 bits per heavy atom. The van der Waals surface area contributed by atoms with Gasteiger partial charge in [0.25, 0.3) is 6.02 Å². The molecule has 1 aliphatic heterocycles. The maximum Gasteiger partial charge on any atom is 0.282 e. The number of aliphatic imine (C=N–C) groups is 1. The second kappa shape index (κ2) is 4.92. The Hall–Kier alpha value is -0.640. The first-order valence-electron chi connectivity index (χ1n) is 4.08. The Morgan fingerprint density at radius 1 is 1.33 bits per heavy atom. The molecule has 2 rings (SSSR count). The second-order valence-electron chi connectivity index (χ2n) is 2.97. The van der Waals surface area contributed by atoms with Gasteiger partial charge in [0, 0.05) is 0 Å². The van der Waals surface area contributed by atoms with Crippen LogP contribution in [-0.2, 0) is 4.74 Å². The third kappa shape index (κ3) is 2.68. The van der Waals surface area contributed by atoms with Gasteiger partial charge in [-0.25, -0.2) is 4.99 Å². The first kappa shape index (κ1) is 12.4. The Bertz CT molecular complexity index is 395. The molecule has 3 nitrogen and oxygen atoms in total. The van der Waals surface area contributed by atoms with Crippen LogP contribution in [0.1, 0.15) is 11.6 Å². The molecule has 15 heavy (non-hydrogen) atoms. The maximum atomic E-state index is 5.88. The summed E-state index contributed by atoms with van der Waals surface area (Å²) in [6.45, 7) is 0.462. The summed E-state index contributed by atoms with van der Waals surface area (Å²) in [6.07, 6.45) is 0. The van der Waals surface area contributed by atoms with Crippen molar-refractivity contribution in [3.8, 4) is 0 Å². The van der Waals surface area contributed by atoms with Crippen LogP contribution in [-0.4, -0.2) is 12.6 Å². The Balaban J connectivity index is 0.00000112. The zero-order chi connectivity index (χ0) is 10.1. The SMILES string of the molecule is Cl.NC1=N[C@@H](c2ccc(Cl)c(Cl)c2)CO1. The van der Waals surface area contributed by atoms with Crippen molar-refractivity contribution < 1.29 is 4.74 Å². The first-order chi connectivity index (χ1) is 6.66. The highest BCUT2D eigenvalue weighted by atomic mass is 35.5. The van der Waals surface area contributed by atoms with Crippen LogP contribution in [0.3, 0.4) is 0 Å². The summed E-state index contributed by atoms with van der Waals surface area (Å²) in [5, 5.41) is 1.05. The summed E-state index contributed by atoms with van der Waals surface area (Å²) >= 11 is 11.7. The predicted octanol–water partition coefficient (Wildman–Crippen LogP) is 2.80. The first-order valence-corrected chi connectivity index (χ1v) is 4.83. The van der Waals surface area contributed by atoms with E-state index in [2.05, 4.69) is 4.99 Å². The third-order valence-electron chi connectivity index (χ3n) is 2.00. The number of ether oxygens (including phenoxy) is 1. The molecule has 1 atom stereocenters. The van der Waals surface area contributed by atoms with Crippen LogP contribution in [0.25, 0.3) is 0 Å². The molecule has 1 heterocycles. The zero-order valence-electron chi connectivity index (χ0n) is 7.61. The van der Waals surface area contributed by atoms with Crippen molar-refractivity contribution in [1.82, 2.24) is 0 Å². The van der Waals surface area contributed by atoms with Crippen LogP contribution in [0, 0.1) is 0 Å². The van der Waals surface area contributed by atoms with E-state index in [0.717, 1.165) is 5.56 Å². The van der Waals surface area contributed by atoms with Crippen LogP contribution in [0.15, 0.2) is 23.2 Å². The van der Waals surface area contributed by atoms with E-state index in [1.54, 1.807) is 12.1 Å². The van der Waals surface area contributed by atoms with Gasteiger partial charge in [-0.2, -0.15) is 0 Å². The second-order valence-corrected chi connectivity index (χ2v) is 3.78. The van der Waals surface area contributed by atoms with Crippen molar-refractivity contribution in [2.75, 3.05) is 6.61 Å². The fourth-order valence-electron chi connectivity index (χ4n) is 1.28. The van der Waals surface area contributed by atoms with Gasteiger partial charge < -0.3 is 10.5 Å². The average Bonchev–Trinajstić information content (AvgIpc) is 2.57. The number of hydrogen-bond donors (Lipinski definition) is 1. The highest BCUT2D eigenvalue weighted by Gasteiger charge is 2.19. The Morgan fingerprint density at radius 2 is 2.07 bits per heavy atom. The minimum absolute atomic E-state index is 0. The smallest absolute Gasteiger partial charge is 0.282 e. The molecule has 0 fully saturated rings. The van der Waals surface area contributed by atoms with Gasteiger partial charge in [-0.3, -0.25) is 0 Å². The number of nitrogens with zero attached hydrogens (tertiary/aromatic N) is 1. The summed E-state index contributed by atoms with van der Waals surface area (Å²) in [7, 11) is 0. The molecule has 0 saturated carbocycles. The van der Waals surface area contributed by atoms with Gasteiger partial charge in [-0.15, -0.1) is 12.4 Å². The molecule has 82 valence electrons. The van der Waals surface area contributed by atoms with E-state index >= 15 is 0 Å². The molecule has 1 aromatic rings. The van der Waals surface area contributed by atoms with Crippen LogP contribution in [0.4, 0.5) is 0 Å². The molecule has 0 aliphatic carbocycles. The normalized spacial score (nSPS) is 19.1. The minimum Gasteiger partial charge on any atom is -0.463 e. The van der Waals surface area contributed by atoms with Crippen molar-refractivity contribution in [3.05, 3.63) is 33.8 Å². The van der Waals surface area contributed by atoms with Crippen molar-refractivity contribution in [2.24, 2.45) is 10.7 Å². The van der Waals surface area contributed by atoms with E-state index < -0.39 is 0 Å². The van der Waals surface area contributed by atoms with Gasteiger partial charge >= 0.3 is 0 Å². The highest BCUT2D eigenvalue weighted by Crippen LogP contribution is 2.28. The van der Waals surface area contributed by atoms with Crippen LogP contribution in [0.5, 0.6) is 0 Å². The number of hydrogen-bond acceptors (Lipinski definition) is 3. The van der Waals surface area contributed by atoms with E-state index in [0.29, 0.717) is 16.7 Å². The fraction of sp³-hybridized carbons (Fsp3) is 0.222. The lowest BCUT2D eigenvalue weighted by Crippen LogP contribution is -2.10. The third-order valence-corrected chi connectivity index (χ3v) is 2.74. The fourth-order valence-corrected chi connectivity index (χ4v) is 1.59. The van der Waals surface area contributed by atoms with Crippen LogP contribution >= 0.6 is 35.6 Å². The van der Waals surface area contributed by atoms with Gasteiger partial charge in [0.2, 0.25) is 0 Å². The summed E-state index contributed by atoms with van der Waals surface area (Å²) in [5.41, 5.74) is 6.36. The molecule has 1 aliphatic rings. The van der Waals surface area contributed by atoms with Gasteiger partial charge in [0.05, 0.1) is 10.0 Å². The van der Waals surface area contributed by atoms with Crippen LogP contribution in [0.2, 0.25) is 10.0 Å². The van der Waals surface area contributed by atoms with Gasteiger partial charge in [0.1, 0.15) is 12.6 Å². The monoisotopic (exact) mass is 266 g/mol. The summed E-state index contributed by atoms with van der Waals surface area (Å²) < 4.78 is 5.04. The molecule has 0 unspecified atom stereocenters. The zero-order valence-corrected chi connectivity index (χ0v) is 9.94. The quantitative estimate of drug-likeness (QED) is 0.850. The standard InChI is InChI=1S/C9H8Cl2N2O.ClH/c10-6-2-1-5(3-7(6)11)8-4-14-9(12)13-8;/h1-3,8H,4H2,(H2,12,13);1H/t8-;/m1./s1. The van der Waals surface area contributed by atoms with Crippen LogP contribution < -0.4 is 5.73 Å². The largest absolute Gasteiger partial charge is 0.463 e. The number of nitrogens with two attached hydrogens (primary N) is 1. The van der Waals surface area contributed by atoms with Crippen molar-refractivity contribution >= 4 is 41.6 Å². The predicted molar refractivity (Wildman–Crippen MR) is 64.0 cm³/mol. The van der Waals surface area contributed by atoms with Gasteiger partial charge in [0.15, 0.2) is 0 Å². The Kier molecular flexibility index (Phi) is 4.08. The molecule has 6 heteroatoms. The molecule has 0 amide bonds. The molecular formula is C9H9Cl3N2O. The lowest BCUT2D eigenvalue weighted by Gasteiger charge is -2.05. The summed E-state index contributed by atoms with van der Waals surface area (Å²) in [4.78, 5) is 4.10.